The number of ether oxygens (including phenoxy) is 2. The van der Waals surface area contributed by atoms with Gasteiger partial charge in [-0.15, -0.1) is 0 Å². The summed E-state index contributed by atoms with van der Waals surface area (Å²) < 4.78 is 11.3. The van der Waals surface area contributed by atoms with Crippen molar-refractivity contribution >= 4 is 23.4 Å². The van der Waals surface area contributed by atoms with Gasteiger partial charge in [-0.3, -0.25) is 19.7 Å². The molecule has 2 heterocycles. The van der Waals surface area contributed by atoms with E-state index in [1.165, 1.54) is 0 Å². The Kier molecular flexibility index (Phi) is 9.12. The molecule has 0 aromatic heterocycles. The van der Waals surface area contributed by atoms with E-state index in [4.69, 9.17) is 14.5 Å². The monoisotopic (exact) mass is 520 g/mol. The van der Waals surface area contributed by atoms with Gasteiger partial charge >= 0.3 is 5.97 Å². The number of carboxylic acid groups (broad SMARTS) is 1. The number of carboxylic acids is 1. The first-order valence-electron chi connectivity index (χ1n) is 13.2. The normalized spacial score (nSPS) is 19.6. The molecule has 0 bridgehead atoms. The standard InChI is InChI=1S/C29H36N4O5/c1-4-9-23-26-27(32(3)31-23)28(34)33(25(30-26)19-20-10-7-6-8-11-20)16-17-38-22-14-12-21(13-15-22)18-24(29(35)36)37-5-2/h6-8,10-15,24,26-27H,4-5,9,16-19H2,1-3H3,(H,35,36)/t24-,26?,27?/m0/s1. The van der Waals surface area contributed by atoms with Gasteiger partial charge in [0.05, 0.1) is 12.3 Å². The molecule has 0 saturated heterocycles. The van der Waals surface area contributed by atoms with Gasteiger partial charge in [-0.1, -0.05) is 55.8 Å². The fraction of sp³-hybridized carbons (Fsp3) is 0.448. The Morgan fingerprint density at radius 1 is 1.08 bits per heavy atom. The van der Waals surface area contributed by atoms with E-state index in [1.54, 1.807) is 16.8 Å². The van der Waals surface area contributed by atoms with Crippen molar-refractivity contribution in [1.82, 2.24) is 9.91 Å². The van der Waals surface area contributed by atoms with Gasteiger partial charge in [-0.2, -0.15) is 5.10 Å². The molecule has 9 nitrogen and oxygen atoms in total. The number of carbonyl (C=O) groups excluding carboxylic acids is 1. The van der Waals surface area contributed by atoms with Gasteiger partial charge in [0.1, 0.15) is 24.2 Å². The lowest BCUT2D eigenvalue weighted by Gasteiger charge is -2.35. The number of likely N-dealkylation sites (N-methyl/N-ethyl adjacent to an activating group) is 1. The molecule has 0 spiro atoms. The number of amidine groups is 1. The third-order valence-corrected chi connectivity index (χ3v) is 6.73. The van der Waals surface area contributed by atoms with Crippen LogP contribution >= 0.6 is 0 Å². The summed E-state index contributed by atoms with van der Waals surface area (Å²) in [5.41, 5.74) is 2.90. The molecule has 202 valence electrons. The maximum absolute atomic E-state index is 13.7. The Hall–Kier alpha value is -3.72. The third kappa shape index (κ3) is 6.39. The molecule has 4 rings (SSSR count). The first-order valence-corrected chi connectivity index (χ1v) is 13.2. The lowest BCUT2D eigenvalue weighted by atomic mass is 9.97. The van der Waals surface area contributed by atoms with Crippen molar-refractivity contribution < 1.29 is 24.2 Å². The van der Waals surface area contributed by atoms with Gasteiger partial charge in [0.25, 0.3) is 5.91 Å². The van der Waals surface area contributed by atoms with E-state index in [9.17, 15) is 14.7 Å². The molecule has 38 heavy (non-hydrogen) atoms. The number of rotatable bonds is 13. The van der Waals surface area contributed by atoms with Crippen LogP contribution in [-0.2, 0) is 27.2 Å². The lowest BCUT2D eigenvalue weighted by Crippen LogP contribution is -2.57. The van der Waals surface area contributed by atoms with Crippen molar-refractivity contribution in [1.29, 1.82) is 0 Å². The van der Waals surface area contributed by atoms with Gasteiger partial charge in [-0.25, -0.2) is 4.79 Å². The summed E-state index contributed by atoms with van der Waals surface area (Å²) in [6.07, 6.45) is 1.73. The maximum Gasteiger partial charge on any atom is 0.333 e. The highest BCUT2D eigenvalue weighted by atomic mass is 16.5. The maximum atomic E-state index is 13.7. The average molecular weight is 521 g/mol. The van der Waals surface area contributed by atoms with Crippen LogP contribution in [-0.4, -0.2) is 83.4 Å². The van der Waals surface area contributed by atoms with Crippen LogP contribution in [0.2, 0.25) is 0 Å². The molecule has 0 fully saturated rings. The molecule has 0 saturated carbocycles. The molecule has 0 radical (unpaired) electrons. The number of hydrogen-bond donors (Lipinski definition) is 1. The number of aliphatic imine (C=N–C) groups is 1. The van der Waals surface area contributed by atoms with Crippen molar-refractivity contribution in [3.63, 3.8) is 0 Å². The average Bonchev–Trinajstić information content (AvgIpc) is 3.22. The molecule has 2 aromatic rings. The van der Waals surface area contributed by atoms with E-state index in [0.717, 1.165) is 35.5 Å². The summed E-state index contributed by atoms with van der Waals surface area (Å²) in [5.74, 6) is 0.389. The predicted molar refractivity (Wildman–Crippen MR) is 146 cm³/mol. The van der Waals surface area contributed by atoms with Gasteiger partial charge in [0.15, 0.2) is 12.1 Å². The quantitative estimate of drug-likeness (QED) is 0.434. The van der Waals surface area contributed by atoms with Crippen LogP contribution in [0.25, 0.3) is 0 Å². The van der Waals surface area contributed by atoms with Crippen LogP contribution in [0.5, 0.6) is 5.75 Å². The van der Waals surface area contributed by atoms with Crippen LogP contribution in [0.4, 0.5) is 0 Å². The Balaban J connectivity index is 1.44. The zero-order chi connectivity index (χ0) is 27.1. The van der Waals surface area contributed by atoms with Crippen LogP contribution in [0, 0.1) is 0 Å². The number of hydrogen-bond acceptors (Lipinski definition) is 7. The molecule has 1 amide bonds. The van der Waals surface area contributed by atoms with Crippen molar-refractivity contribution in [2.24, 2.45) is 10.1 Å². The first kappa shape index (κ1) is 27.3. The lowest BCUT2D eigenvalue weighted by molar-refractivity contribution is -0.150. The fourth-order valence-corrected chi connectivity index (χ4v) is 4.89. The van der Waals surface area contributed by atoms with Crippen LogP contribution in [0.3, 0.4) is 0 Å². The molecule has 0 aliphatic carbocycles. The highest BCUT2D eigenvalue weighted by Crippen LogP contribution is 2.27. The SMILES string of the molecule is CCCC1=NN(C)C2C(=O)N(CCOc3ccc(C[C@H](OCC)C(=O)O)cc3)C(Cc3ccccc3)=NC12. The fourth-order valence-electron chi connectivity index (χ4n) is 4.89. The number of aliphatic carboxylic acids is 1. The molecular weight excluding hydrogens is 484 g/mol. The molecule has 2 aromatic carbocycles. The molecule has 2 aliphatic rings. The first-order chi connectivity index (χ1) is 18.4. The van der Waals surface area contributed by atoms with Crippen LogP contribution in [0.1, 0.15) is 37.8 Å². The summed E-state index contributed by atoms with van der Waals surface area (Å²) in [4.78, 5) is 31.8. The number of nitrogens with zero attached hydrogens (tertiary/aromatic N) is 4. The van der Waals surface area contributed by atoms with Gasteiger partial charge in [0.2, 0.25) is 0 Å². The second kappa shape index (κ2) is 12.7. The van der Waals surface area contributed by atoms with E-state index in [1.807, 2.05) is 61.6 Å². The summed E-state index contributed by atoms with van der Waals surface area (Å²) in [6.45, 7) is 4.87. The Labute approximate surface area is 223 Å². The van der Waals surface area contributed by atoms with Crippen LogP contribution in [0.15, 0.2) is 64.7 Å². The minimum atomic E-state index is -0.978. The number of fused-ring (bicyclic) bond motifs is 1. The van der Waals surface area contributed by atoms with E-state index >= 15 is 0 Å². The van der Waals surface area contributed by atoms with Crippen molar-refractivity contribution in [2.45, 2.75) is 57.7 Å². The Morgan fingerprint density at radius 3 is 2.47 bits per heavy atom. The van der Waals surface area contributed by atoms with Gasteiger partial charge < -0.3 is 14.6 Å². The van der Waals surface area contributed by atoms with E-state index in [0.29, 0.717) is 31.9 Å². The highest BCUT2D eigenvalue weighted by molar-refractivity contribution is 6.09. The van der Waals surface area contributed by atoms with Crippen molar-refractivity contribution in [3.8, 4) is 5.75 Å². The molecule has 2 unspecified atom stereocenters. The highest BCUT2D eigenvalue weighted by Gasteiger charge is 2.46. The minimum absolute atomic E-state index is 0.0112. The summed E-state index contributed by atoms with van der Waals surface area (Å²) in [7, 11) is 1.84. The topological polar surface area (TPSA) is 104 Å². The second-order valence-corrected chi connectivity index (χ2v) is 9.48. The third-order valence-electron chi connectivity index (χ3n) is 6.73. The smallest absolute Gasteiger partial charge is 0.333 e. The van der Waals surface area contributed by atoms with Gasteiger partial charge in [0, 0.05) is 26.5 Å². The summed E-state index contributed by atoms with van der Waals surface area (Å²) in [5, 5.41) is 15.7. The zero-order valence-electron chi connectivity index (χ0n) is 22.2. The van der Waals surface area contributed by atoms with Gasteiger partial charge in [-0.05, 0) is 36.6 Å². The number of carbonyl (C=O) groups is 2. The molecule has 2 aliphatic heterocycles. The Bertz CT molecular complexity index is 1170. The molecule has 9 heteroatoms. The largest absolute Gasteiger partial charge is 0.492 e. The number of hydrazone groups is 1. The van der Waals surface area contributed by atoms with E-state index in [-0.39, 0.29) is 18.4 Å². The van der Waals surface area contributed by atoms with E-state index in [2.05, 4.69) is 12.0 Å². The summed E-state index contributed by atoms with van der Waals surface area (Å²) in [6, 6.07) is 16.6. The molecular formula is C29H36N4O5. The summed E-state index contributed by atoms with van der Waals surface area (Å²) >= 11 is 0. The minimum Gasteiger partial charge on any atom is -0.492 e. The van der Waals surface area contributed by atoms with Crippen LogP contribution < -0.4 is 4.74 Å². The van der Waals surface area contributed by atoms with Crippen molar-refractivity contribution in [3.05, 3.63) is 65.7 Å². The van der Waals surface area contributed by atoms with E-state index < -0.39 is 18.1 Å². The van der Waals surface area contributed by atoms with Crippen molar-refractivity contribution in [2.75, 3.05) is 26.8 Å². The second-order valence-electron chi connectivity index (χ2n) is 9.48. The zero-order valence-corrected chi connectivity index (χ0v) is 22.2. The molecule has 1 N–H and O–H groups in total. The predicted octanol–water partition coefficient (Wildman–Crippen LogP) is 3.42. The molecule has 3 atom stereocenters. The number of benzene rings is 2. The number of amides is 1. The Morgan fingerprint density at radius 2 is 1.82 bits per heavy atom.